The molecule has 0 aliphatic heterocycles. The largest absolute Gasteiger partial charge is 0.409 e. The van der Waals surface area contributed by atoms with Crippen LogP contribution in [0.1, 0.15) is 12.1 Å². The number of sulfone groups is 1. The Balaban J connectivity index is 2.51. The summed E-state index contributed by atoms with van der Waals surface area (Å²) in [6.07, 6.45) is 0.271. The van der Waals surface area contributed by atoms with E-state index < -0.39 is 15.9 Å². The van der Waals surface area contributed by atoms with Crippen LogP contribution in [0.25, 0.3) is 0 Å². The molecule has 11 heteroatoms. The smallest absolute Gasteiger partial charge is 0.202 e. The van der Waals surface area contributed by atoms with Crippen LogP contribution in [0.15, 0.2) is 9.78 Å². The van der Waals surface area contributed by atoms with Crippen molar-refractivity contribution in [3.05, 3.63) is 5.69 Å². The molecule has 1 rings (SSSR count). The average Bonchev–Trinajstić information content (AvgIpc) is 2.80. The number of aliphatic hydroxyl groups is 1. The van der Waals surface area contributed by atoms with Gasteiger partial charge in [-0.2, -0.15) is 0 Å². The van der Waals surface area contributed by atoms with Crippen molar-refractivity contribution in [2.45, 2.75) is 12.5 Å². The van der Waals surface area contributed by atoms with E-state index in [2.05, 4.69) is 25.4 Å². The van der Waals surface area contributed by atoms with E-state index in [1.165, 1.54) is 0 Å². The van der Waals surface area contributed by atoms with Gasteiger partial charge in [-0.15, -0.1) is 0 Å². The van der Waals surface area contributed by atoms with E-state index in [9.17, 15) is 13.5 Å². The van der Waals surface area contributed by atoms with Gasteiger partial charge >= 0.3 is 0 Å². The Morgan fingerprint density at radius 3 is 2.84 bits per heavy atom. The van der Waals surface area contributed by atoms with Crippen LogP contribution in [0.2, 0.25) is 0 Å². The normalized spacial score (nSPS) is 14.3. The molecule has 1 heterocycles. The molecule has 0 spiro atoms. The van der Waals surface area contributed by atoms with Gasteiger partial charge in [0.25, 0.3) is 0 Å². The highest BCUT2D eigenvalue weighted by molar-refractivity contribution is 7.90. The van der Waals surface area contributed by atoms with E-state index in [1.54, 1.807) is 0 Å². The summed E-state index contributed by atoms with van der Waals surface area (Å²) in [5.41, 5.74) is 5.32. The number of aliphatic hydroxyl groups excluding tert-OH is 1. The lowest BCUT2D eigenvalue weighted by molar-refractivity contribution is 0.184. The van der Waals surface area contributed by atoms with E-state index in [0.29, 0.717) is 0 Å². The summed E-state index contributed by atoms with van der Waals surface area (Å²) in [4.78, 5) is 0. The van der Waals surface area contributed by atoms with Crippen LogP contribution in [-0.4, -0.2) is 59.5 Å². The highest BCUT2D eigenvalue weighted by atomic mass is 32.2. The summed E-state index contributed by atoms with van der Waals surface area (Å²) < 4.78 is 26.2. The second-order valence-electron chi connectivity index (χ2n) is 3.90. The van der Waals surface area contributed by atoms with Crippen molar-refractivity contribution in [2.24, 2.45) is 10.9 Å². The van der Waals surface area contributed by atoms with Crippen molar-refractivity contribution in [1.82, 2.24) is 10.3 Å². The summed E-state index contributed by atoms with van der Waals surface area (Å²) in [6, 6.07) is 0. The van der Waals surface area contributed by atoms with Gasteiger partial charge in [-0.3, -0.25) is 0 Å². The molecule has 1 aromatic heterocycles. The van der Waals surface area contributed by atoms with Crippen molar-refractivity contribution in [2.75, 3.05) is 23.9 Å². The lowest BCUT2D eigenvalue weighted by Gasteiger charge is -2.10. The summed E-state index contributed by atoms with van der Waals surface area (Å²) in [6.45, 7) is 0.0233. The minimum Gasteiger partial charge on any atom is -0.409 e. The molecule has 10 nitrogen and oxygen atoms in total. The SMILES string of the molecule is CS(=O)(=O)CCC(O)CNc1nonc1/C(N)=N/O. The third-order valence-corrected chi connectivity index (χ3v) is 3.14. The number of hydrogen-bond donors (Lipinski definition) is 4. The number of rotatable bonds is 7. The molecule has 0 saturated heterocycles. The number of nitrogens with zero attached hydrogens (tertiary/aromatic N) is 3. The van der Waals surface area contributed by atoms with Crippen molar-refractivity contribution >= 4 is 21.5 Å². The van der Waals surface area contributed by atoms with E-state index >= 15 is 0 Å². The van der Waals surface area contributed by atoms with Crippen LogP contribution in [0, 0.1) is 0 Å². The summed E-state index contributed by atoms with van der Waals surface area (Å²) in [5.74, 6) is -0.330. The predicted octanol–water partition coefficient (Wildman–Crippen LogP) is -1.63. The van der Waals surface area contributed by atoms with E-state index in [4.69, 9.17) is 10.9 Å². The molecule has 1 aromatic rings. The van der Waals surface area contributed by atoms with E-state index in [0.717, 1.165) is 6.26 Å². The van der Waals surface area contributed by atoms with Crippen LogP contribution in [0.4, 0.5) is 5.82 Å². The summed E-state index contributed by atoms with van der Waals surface area (Å²) in [5, 5.41) is 30.3. The number of nitrogens with one attached hydrogen (secondary N) is 1. The lowest BCUT2D eigenvalue weighted by Crippen LogP contribution is -2.24. The maximum atomic E-state index is 10.9. The van der Waals surface area contributed by atoms with Gasteiger partial charge in [0, 0.05) is 12.8 Å². The zero-order valence-corrected chi connectivity index (χ0v) is 11.0. The number of anilines is 1. The molecule has 1 atom stereocenters. The molecule has 0 aromatic carbocycles. The quantitative estimate of drug-likeness (QED) is 0.200. The Hall–Kier alpha value is -1.88. The molecule has 0 fully saturated rings. The molecular weight excluding hydrogens is 278 g/mol. The fourth-order valence-electron chi connectivity index (χ4n) is 1.19. The fraction of sp³-hybridized carbons (Fsp3) is 0.625. The Bertz CT molecular complexity index is 539. The van der Waals surface area contributed by atoms with Crippen molar-refractivity contribution < 1.29 is 23.4 Å². The van der Waals surface area contributed by atoms with Gasteiger partial charge in [0.15, 0.2) is 11.5 Å². The summed E-state index contributed by atoms with van der Waals surface area (Å²) >= 11 is 0. The van der Waals surface area contributed by atoms with Crippen LogP contribution < -0.4 is 11.1 Å². The molecule has 0 radical (unpaired) electrons. The van der Waals surface area contributed by atoms with Crippen LogP contribution in [0.3, 0.4) is 0 Å². The summed E-state index contributed by atoms with van der Waals surface area (Å²) in [7, 11) is -3.12. The predicted molar refractivity (Wildman–Crippen MR) is 65.6 cm³/mol. The number of oxime groups is 1. The maximum Gasteiger partial charge on any atom is 0.202 e. The van der Waals surface area contributed by atoms with Crippen molar-refractivity contribution in [3.8, 4) is 0 Å². The first-order valence-corrected chi connectivity index (χ1v) is 7.29. The fourth-order valence-corrected chi connectivity index (χ4v) is 1.89. The number of aromatic nitrogens is 2. The molecule has 108 valence electrons. The third kappa shape index (κ3) is 5.09. The molecule has 0 aliphatic carbocycles. The van der Waals surface area contributed by atoms with Gasteiger partial charge in [0.1, 0.15) is 9.84 Å². The van der Waals surface area contributed by atoms with Gasteiger partial charge < -0.3 is 21.4 Å². The Kier molecular flexibility index (Phi) is 5.06. The molecular formula is C8H15N5O5S. The molecule has 0 amide bonds. The van der Waals surface area contributed by atoms with E-state index in [-0.39, 0.29) is 36.1 Å². The number of amidine groups is 1. The van der Waals surface area contributed by atoms with Crippen molar-refractivity contribution in [1.29, 1.82) is 0 Å². The first-order valence-electron chi connectivity index (χ1n) is 5.23. The monoisotopic (exact) mass is 293 g/mol. The molecule has 0 bridgehead atoms. The zero-order valence-electron chi connectivity index (χ0n) is 10.1. The molecule has 1 unspecified atom stereocenters. The lowest BCUT2D eigenvalue weighted by atomic mass is 10.3. The van der Waals surface area contributed by atoms with Gasteiger partial charge in [-0.25, -0.2) is 13.0 Å². The standard InChI is InChI=1S/C8H15N5O5S/c1-19(16,17)3-2-5(14)4-10-8-6(7(9)11-15)12-18-13-8/h5,14-15H,2-4H2,1H3,(H2,9,11)(H,10,13). The Morgan fingerprint density at radius 1 is 1.58 bits per heavy atom. The van der Waals surface area contributed by atoms with Gasteiger partial charge in [0.05, 0.1) is 11.9 Å². The molecule has 19 heavy (non-hydrogen) atoms. The highest BCUT2D eigenvalue weighted by Crippen LogP contribution is 2.09. The van der Waals surface area contributed by atoms with Gasteiger partial charge in [-0.05, 0) is 16.7 Å². The van der Waals surface area contributed by atoms with Gasteiger partial charge in [-0.1, -0.05) is 5.16 Å². The number of hydrogen-bond acceptors (Lipinski definition) is 9. The molecule has 5 N–H and O–H groups in total. The minimum atomic E-state index is -3.12. The highest BCUT2D eigenvalue weighted by Gasteiger charge is 2.16. The second kappa shape index (κ2) is 6.33. The first kappa shape index (κ1) is 15.2. The average molecular weight is 293 g/mol. The topological polar surface area (TPSA) is 164 Å². The Labute approximate surface area is 109 Å². The van der Waals surface area contributed by atoms with Crippen molar-refractivity contribution in [3.63, 3.8) is 0 Å². The second-order valence-corrected chi connectivity index (χ2v) is 6.16. The van der Waals surface area contributed by atoms with E-state index in [1.807, 2.05) is 0 Å². The van der Waals surface area contributed by atoms with Gasteiger partial charge in [0.2, 0.25) is 5.82 Å². The third-order valence-electron chi connectivity index (χ3n) is 2.17. The maximum absolute atomic E-state index is 10.9. The molecule has 0 aliphatic rings. The zero-order chi connectivity index (χ0) is 14.5. The number of nitrogens with two attached hydrogens (primary N) is 1. The van der Waals surface area contributed by atoms with Crippen LogP contribution >= 0.6 is 0 Å². The Morgan fingerprint density at radius 2 is 2.26 bits per heavy atom. The van der Waals surface area contributed by atoms with Crippen LogP contribution in [0.5, 0.6) is 0 Å². The van der Waals surface area contributed by atoms with Crippen LogP contribution in [-0.2, 0) is 9.84 Å². The first-order chi connectivity index (χ1) is 8.83. The molecule has 0 saturated carbocycles. The minimum absolute atomic E-state index is 0.00202.